The lowest BCUT2D eigenvalue weighted by molar-refractivity contribution is -0.137. The second-order valence-electron chi connectivity index (χ2n) is 9.39. The highest BCUT2D eigenvalue weighted by atomic mass is 127. The average Bonchev–Trinajstić information content (AvgIpc) is 3.14. The van der Waals surface area contributed by atoms with Crippen LogP contribution < -0.4 is 5.32 Å². The number of benzene rings is 1. The summed E-state index contributed by atoms with van der Waals surface area (Å²) in [4.78, 5) is 62.3. The largest absolute Gasteiger partial charge is 0.346 e. The van der Waals surface area contributed by atoms with Gasteiger partial charge in [0, 0.05) is 48.3 Å². The fraction of sp³-hybridized carbons (Fsp3) is 0.519. The Balaban J connectivity index is 1.75. The van der Waals surface area contributed by atoms with E-state index in [0.29, 0.717) is 32.2 Å². The number of Topliss-reactive ketones (excluding diaryl/α,β-unsaturated/α-hetero) is 2. The van der Waals surface area contributed by atoms with Gasteiger partial charge in [-0.3, -0.25) is 28.9 Å². The predicted octanol–water partition coefficient (Wildman–Crippen LogP) is 3.95. The molecule has 1 N–H and O–H groups in total. The number of carbonyl (C=O) groups is 5. The molecule has 2 rings (SSSR count). The van der Waals surface area contributed by atoms with Gasteiger partial charge in [-0.05, 0) is 36.8 Å². The Labute approximate surface area is 221 Å². The summed E-state index contributed by atoms with van der Waals surface area (Å²) in [6.07, 6.45) is 5.25. The minimum absolute atomic E-state index is 0.00294. The SMILES string of the molecule is CC(C)[C@H](CC(=O)CCCCCN1C(=O)C=CC1=O)C(=O)N[C@@H](C)C(=O)Cc1ccc(CI)cc1. The number of imide groups is 1. The normalized spacial score (nSPS) is 14.9. The summed E-state index contributed by atoms with van der Waals surface area (Å²) >= 11 is 2.29. The molecule has 0 aliphatic carbocycles. The van der Waals surface area contributed by atoms with Crippen molar-refractivity contribution in [3.63, 3.8) is 0 Å². The Kier molecular flexibility index (Phi) is 11.8. The Morgan fingerprint density at radius 3 is 2.09 bits per heavy atom. The summed E-state index contributed by atoms with van der Waals surface area (Å²) in [7, 11) is 0. The molecule has 1 aromatic rings. The molecular formula is C27H35IN2O5. The van der Waals surface area contributed by atoms with E-state index in [1.54, 1.807) is 6.92 Å². The molecule has 0 radical (unpaired) electrons. The van der Waals surface area contributed by atoms with Gasteiger partial charge in [-0.15, -0.1) is 0 Å². The van der Waals surface area contributed by atoms with Crippen LogP contribution in [0.4, 0.5) is 0 Å². The molecule has 190 valence electrons. The predicted molar refractivity (Wildman–Crippen MR) is 143 cm³/mol. The molecule has 1 aromatic carbocycles. The molecule has 0 unspecified atom stereocenters. The zero-order valence-electron chi connectivity index (χ0n) is 20.7. The molecule has 1 aliphatic heterocycles. The quantitative estimate of drug-likeness (QED) is 0.144. The van der Waals surface area contributed by atoms with Crippen LogP contribution in [0.25, 0.3) is 0 Å². The zero-order chi connectivity index (χ0) is 26.0. The summed E-state index contributed by atoms with van der Waals surface area (Å²) in [5.41, 5.74) is 2.11. The first-order valence-electron chi connectivity index (χ1n) is 12.1. The van der Waals surface area contributed by atoms with Crippen molar-refractivity contribution in [2.45, 2.75) is 69.8 Å². The molecule has 0 saturated heterocycles. The van der Waals surface area contributed by atoms with Crippen molar-refractivity contribution >= 4 is 51.9 Å². The molecule has 0 bridgehead atoms. The number of nitrogens with zero attached hydrogens (tertiary/aromatic N) is 1. The van der Waals surface area contributed by atoms with Crippen LogP contribution in [0.3, 0.4) is 0 Å². The van der Waals surface area contributed by atoms with E-state index in [1.165, 1.54) is 22.6 Å². The molecule has 3 amide bonds. The first-order chi connectivity index (χ1) is 16.6. The summed E-state index contributed by atoms with van der Waals surface area (Å²) < 4.78 is 0.909. The summed E-state index contributed by atoms with van der Waals surface area (Å²) in [5, 5.41) is 2.81. The second-order valence-corrected chi connectivity index (χ2v) is 10.2. The third-order valence-corrected chi connectivity index (χ3v) is 7.11. The van der Waals surface area contributed by atoms with Gasteiger partial charge in [0.2, 0.25) is 5.91 Å². The minimum Gasteiger partial charge on any atom is -0.346 e. The van der Waals surface area contributed by atoms with Crippen molar-refractivity contribution in [3.05, 3.63) is 47.5 Å². The van der Waals surface area contributed by atoms with Crippen molar-refractivity contribution in [3.8, 4) is 0 Å². The molecule has 0 spiro atoms. The van der Waals surface area contributed by atoms with Crippen LogP contribution in [-0.4, -0.2) is 46.8 Å². The van der Waals surface area contributed by atoms with Gasteiger partial charge in [-0.2, -0.15) is 0 Å². The van der Waals surface area contributed by atoms with E-state index in [9.17, 15) is 24.0 Å². The van der Waals surface area contributed by atoms with Gasteiger partial charge in [-0.25, -0.2) is 0 Å². The van der Waals surface area contributed by atoms with Gasteiger partial charge < -0.3 is 5.32 Å². The third kappa shape index (κ3) is 9.31. The van der Waals surface area contributed by atoms with Crippen LogP contribution in [0.15, 0.2) is 36.4 Å². The molecule has 0 aromatic heterocycles. The van der Waals surface area contributed by atoms with E-state index >= 15 is 0 Å². The van der Waals surface area contributed by atoms with Crippen LogP contribution in [0.2, 0.25) is 0 Å². The number of amides is 3. The van der Waals surface area contributed by atoms with E-state index in [-0.39, 0.29) is 48.0 Å². The molecule has 8 heteroatoms. The highest BCUT2D eigenvalue weighted by Crippen LogP contribution is 2.19. The lowest BCUT2D eigenvalue weighted by atomic mass is 9.88. The van der Waals surface area contributed by atoms with Gasteiger partial charge in [0.1, 0.15) is 5.78 Å². The maximum absolute atomic E-state index is 12.9. The summed E-state index contributed by atoms with van der Waals surface area (Å²) in [5.74, 6) is -1.46. The number of ketones is 2. The Bertz CT molecular complexity index is 937. The van der Waals surface area contributed by atoms with E-state index in [4.69, 9.17) is 0 Å². The minimum atomic E-state index is -0.631. The van der Waals surface area contributed by atoms with Crippen LogP contribution in [0.1, 0.15) is 64.0 Å². The highest BCUT2D eigenvalue weighted by molar-refractivity contribution is 14.1. The second kappa shape index (κ2) is 14.3. The first kappa shape index (κ1) is 28.9. The topological polar surface area (TPSA) is 101 Å². The Morgan fingerprint density at radius 2 is 1.51 bits per heavy atom. The fourth-order valence-electron chi connectivity index (χ4n) is 3.90. The van der Waals surface area contributed by atoms with E-state index < -0.39 is 12.0 Å². The number of halogens is 1. The van der Waals surface area contributed by atoms with Gasteiger partial charge in [-0.1, -0.05) is 67.1 Å². The molecule has 2 atom stereocenters. The van der Waals surface area contributed by atoms with Crippen molar-refractivity contribution < 1.29 is 24.0 Å². The molecule has 35 heavy (non-hydrogen) atoms. The first-order valence-corrected chi connectivity index (χ1v) is 13.7. The van der Waals surface area contributed by atoms with Crippen molar-refractivity contribution in [1.29, 1.82) is 0 Å². The third-order valence-electron chi connectivity index (χ3n) is 6.22. The molecule has 1 aliphatic rings. The zero-order valence-corrected chi connectivity index (χ0v) is 22.9. The number of hydrogen-bond acceptors (Lipinski definition) is 5. The monoisotopic (exact) mass is 594 g/mol. The number of alkyl halides is 1. The van der Waals surface area contributed by atoms with Gasteiger partial charge in [0.05, 0.1) is 6.04 Å². The Morgan fingerprint density at radius 1 is 0.914 bits per heavy atom. The van der Waals surface area contributed by atoms with Crippen molar-refractivity contribution in [2.75, 3.05) is 6.54 Å². The lowest BCUT2D eigenvalue weighted by Gasteiger charge is -2.22. The smallest absolute Gasteiger partial charge is 0.253 e. The van der Waals surface area contributed by atoms with Crippen LogP contribution in [-0.2, 0) is 34.8 Å². The Hall–Kier alpha value is -2.36. The van der Waals surface area contributed by atoms with Crippen LogP contribution >= 0.6 is 22.6 Å². The van der Waals surface area contributed by atoms with Crippen molar-refractivity contribution in [1.82, 2.24) is 10.2 Å². The maximum atomic E-state index is 12.9. The number of nitrogens with one attached hydrogen (secondary N) is 1. The number of rotatable bonds is 15. The molecule has 7 nitrogen and oxygen atoms in total. The number of unbranched alkanes of at least 4 members (excludes halogenated alkanes) is 2. The van der Waals surface area contributed by atoms with E-state index in [2.05, 4.69) is 27.9 Å². The van der Waals surface area contributed by atoms with Crippen LogP contribution in [0.5, 0.6) is 0 Å². The molecule has 1 heterocycles. The lowest BCUT2D eigenvalue weighted by Crippen LogP contribution is -2.44. The average molecular weight is 594 g/mol. The molecule has 0 fully saturated rings. The van der Waals surface area contributed by atoms with E-state index in [1.807, 2.05) is 38.1 Å². The maximum Gasteiger partial charge on any atom is 0.253 e. The van der Waals surface area contributed by atoms with Gasteiger partial charge >= 0.3 is 0 Å². The molecular weight excluding hydrogens is 559 g/mol. The molecule has 0 saturated carbocycles. The summed E-state index contributed by atoms with van der Waals surface area (Å²) in [6, 6.07) is 7.25. The van der Waals surface area contributed by atoms with Gasteiger partial charge in [0.15, 0.2) is 5.78 Å². The highest BCUT2D eigenvalue weighted by Gasteiger charge is 2.27. The van der Waals surface area contributed by atoms with Crippen LogP contribution in [0, 0.1) is 11.8 Å². The fourth-order valence-corrected chi connectivity index (χ4v) is 4.41. The van der Waals surface area contributed by atoms with Crippen molar-refractivity contribution in [2.24, 2.45) is 11.8 Å². The number of hydrogen-bond donors (Lipinski definition) is 1. The number of carbonyl (C=O) groups excluding carboxylic acids is 5. The summed E-state index contributed by atoms with van der Waals surface area (Å²) in [6.45, 7) is 5.84. The van der Waals surface area contributed by atoms with E-state index in [0.717, 1.165) is 9.99 Å². The standard InChI is InChI=1S/C27H35IN2O5/c1-18(2)23(16-22(31)7-5-4-6-14-30-25(33)12-13-26(30)34)27(35)29-19(3)24(32)15-20-8-10-21(17-28)11-9-20/h8-13,18-19,23H,4-7,14-17H2,1-3H3,(H,29,35)/t19-,23-/m0/s1. The van der Waals surface area contributed by atoms with Gasteiger partial charge in [0.25, 0.3) is 11.8 Å².